The van der Waals surface area contributed by atoms with Gasteiger partial charge in [0, 0.05) is 40.1 Å². The lowest BCUT2D eigenvalue weighted by molar-refractivity contribution is -0.197. The van der Waals surface area contributed by atoms with Crippen LogP contribution in [0.2, 0.25) is 0 Å². The first-order chi connectivity index (χ1) is 6.71. The first-order valence-electron chi connectivity index (χ1n) is 4.63. The second kappa shape index (κ2) is 5.63. The fourth-order valence-electron chi connectivity index (χ4n) is 1.64. The van der Waals surface area contributed by atoms with Gasteiger partial charge in [-0.2, -0.15) is 0 Å². The van der Waals surface area contributed by atoms with Gasteiger partial charge in [-0.1, -0.05) is 0 Å². The van der Waals surface area contributed by atoms with Gasteiger partial charge in [-0.3, -0.25) is 0 Å². The van der Waals surface area contributed by atoms with Gasteiger partial charge in [-0.15, -0.1) is 0 Å². The third-order valence-corrected chi connectivity index (χ3v) is 2.44. The predicted molar refractivity (Wildman–Crippen MR) is 48.4 cm³/mol. The summed E-state index contributed by atoms with van der Waals surface area (Å²) in [6, 6.07) is 0. The van der Waals surface area contributed by atoms with Crippen LogP contribution in [-0.4, -0.2) is 45.3 Å². The molecule has 5 nitrogen and oxygen atoms in total. The number of hydrogen-bond donors (Lipinski definition) is 1. The number of rotatable bonds is 5. The van der Waals surface area contributed by atoms with Gasteiger partial charge in [0.1, 0.15) is 0 Å². The zero-order chi connectivity index (χ0) is 10.6. The summed E-state index contributed by atoms with van der Waals surface area (Å²) >= 11 is 0. The molecule has 1 aliphatic rings. The van der Waals surface area contributed by atoms with Crippen LogP contribution in [0.4, 0.5) is 0 Å². The van der Waals surface area contributed by atoms with Gasteiger partial charge in [-0.25, -0.2) is 0 Å². The van der Waals surface area contributed by atoms with Crippen molar-refractivity contribution in [1.82, 2.24) is 0 Å². The fourth-order valence-corrected chi connectivity index (χ4v) is 1.64. The summed E-state index contributed by atoms with van der Waals surface area (Å²) in [6.45, 7) is 0. The molecule has 0 aliphatic carbocycles. The van der Waals surface area contributed by atoms with E-state index in [0.717, 1.165) is 6.42 Å². The molecule has 4 atom stereocenters. The summed E-state index contributed by atoms with van der Waals surface area (Å²) in [4.78, 5) is 0. The molecule has 1 N–H and O–H groups in total. The maximum Gasteiger partial charge on any atom is 0.163 e. The van der Waals surface area contributed by atoms with Crippen LogP contribution in [0.25, 0.3) is 0 Å². The molecule has 0 amide bonds. The van der Waals surface area contributed by atoms with Crippen LogP contribution in [0.15, 0.2) is 0 Å². The standard InChI is InChI=1S/C9H18O5/c1-11-7(10)4-6-5-8(12-2)14-9(6)13-3/h6-10H,4-5H2,1-3H3. The smallest absolute Gasteiger partial charge is 0.163 e. The van der Waals surface area contributed by atoms with E-state index < -0.39 is 6.29 Å². The summed E-state index contributed by atoms with van der Waals surface area (Å²) in [5.41, 5.74) is 0. The summed E-state index contributed by atoms with van der Waals surface area (Å²) in [5.74, 6) is 0.111. The van der Waals surface area contributed by atoms with Gasteiger partial charge >= 0.3 is 0 Å². The van der Waals surface area contributed by atoms with Crippen molar-refractivity contribution in [3.8, 4) is 0 Å². The molecule has 14 heavy (non-hydrogen) atoms. The van der Waals surface area contributed by atoms with Crippen molar-refractivity contribution in [3.05, 3.63) is 0 Å². The van der Waals surface area contributed by atoms with E-state index in [0.29, 0.717) is 6.42 Å². The van der Waals surface area contributed by atoms with Gasteiger partial charge in [0.15, 0.2) is 18.9 Å². The molecule has 0 aromatic carbocycles. The maximum atomic E-state index is 9.32. The minimum absolute atomic E-state index is 0.111. The van der Waals surface area contributed by atoms with E-state index in [9.17, 15) is 5.11 Å². The third kappa shape index (κ3) is 2.90. The number of aliphatic hydroxyl groups excluding tert-OH is 1. The van der Waals surface area contributed by atoms with E-state index in [1.54, 1.807) is 14.2 Å². The first-order valence-corrected chi connectivity index (χ1v) is 4.63. The summed E-state index contributed by atoms with van der Waals surface area (Å²) < 4.78 is 20.4. The lowest BCUT2D eigenvalue weighted by atomic mass is 10.0. The highest BCUT2D eigenvalue weighted by molar-refractivity contribution is 4.73. The summed E-state index contributed by atoms with van der Waals surface area (Å²) in [7, 11) is 4.64. The molecular formula is C9H18O5. The highest BCUT2D eigenvalue weighted by Crippen LogP contribution is 2.30. The minimum atomic E-state index is -0.767. The molecule has 0 aromatic rings. The molecule has 0 radical (unpaired) electrons. The van der Waals surface area contributed by atoms with Crippen molar-refractivity contribution < 1.29 is 24.1 Å². The van der Waals surface area contributed by atoms with Crippen LogP contribution in [0.3, 0.4) is 0 Å². The van der Waals surface area contributed by atoms with Crippen LogP contribution in [0, 0.1) is 5.92 Å². The molecule has 1 rings (SSSR count). The molecule has 1 saturated heterocycles. The Morgan fingerprint density at radius 2 is 2.07 bits per heavy atom. The lowest BCUT2D eigenvalue weighted by Crippen LogP contribution is -2.23. The molecule has 84 valence electrons. The van der Waals surface area contributed by atoms with Crippen LogP contribution < -0.4 is 0 Å². The Morgan fingerprint density at radius 3 is 2.57 bits per heavy atom. The minimum Gasteiger partial charge on any atom is -0.368 e. The van der Waals surface area contributed by atoms with Gasteiger partial charge in [0.25, 0.3) is 0 Å². The van der Waals surface area contributed by atoms with E-state index in [2.05, 4.69) is 0 Å². The zero-order valence-electron chi connectivity index (χ0n) is 8.80. The molecule has 0 spiro atoms. The molecule has 1 fully saturated rings. The lowest BCUT2D eigenvalue weighted by Gasteiger charge is -2.18. The Morgan fingerprint density at radius 1 is 1.36 bits per heavy atom. The van der Waals surface area contributed by atoms with E-state index in [-0.39, 0.29) is 18.5 Å². The van der Waals surface area contributed by atoms with Crippen molar-refractivity contribution in [2.24, 2.45) is 5.92 Å². The molecule has 1 heterocycles. The van der Waals surface area contributed by atoms with Crippen LogP contribution >= 0.6 is 0 Å². The largest absolute Gasteiger partial charge is 0.368 e. The second-order valence-corrected chi connectivity index (χ2v) is 3.33. The van der Waals surface area contributed by atoms with Crippen LogP contribution in [0.5, 0.6) is 0 Å². The number of aliphatic hydroxyl groups is 1. The third-order valence-electron chi connectivity index (χ3n) is 2.44. The maximum absolute atomic E-state index is 9.32. The molecule has 5 heteroatoms. The summed E-state index contributed by atoms with van der Waals surface area (Å²) in [6.07, 6.45) is -0.111. The van der Waals surface area contributed by atoms with Crippen molar-refractivity contribution in [3.63, 3.8) is 0 Å². The average molecular weight is 206 g/mol. The first kappa shape index (κ1) is 11.9. The quantitative estimate of drug-likeness (QED) is 0.657. The van der Waals surface area contributed by atoms with Crippen LogP contribution in [0.1, 0.15) is 12.8 Å². The number of ether oxygens (including phenoxy) is 4. The van der Waals surface area contributed by atoms with Gasteiger partial charge in [-0.05, 0) is 0 Å². The molecule has 0 aromatic heterocycles. The Hall–Kier alpha value is -0.200. The van der Waals surface area contributed by atoms with E-state index in [1.165, 1.54) is 7.11 Å². The molecule has 1 aliphatic heterocycles. The molecular weight excluding hydrogens is 188 g/mol. The van der Waals surface area contributed by atoms with E-state index in [4.69, 9.17) is 18.9 Å². The van der Waals surface area contributed by atoms with Gasteiger partial charge in [0.2, 0.25) is 0 Å². The molecule has 4 unspecified atom stereocenters. The van der Waals surface area contributed by atoms with Crippen molar-refractivity contribution in [2.75, 3.05) is 21.3 Å². The Balaban J connectivity index is 2.42. The highest BCUT2D eigenvalue weighted by atomic mass is 16.8. The highest BCUT2D eigenvalue weighted by Gasteiger charge is 2.36. The Kier molecular flexibility index (Phi) is 4.77. The summed E-state index contributed by atoms with van der Waals surface area (Å²) in [5, 5.41) is 9.32. The Labute approximate surface area is 83.9 Å². The number of hydrogen-bond acceptors (Lipinski definition) is 5. The van der Waals surface area contributed by atoms with Gasteiger partial charge in [0.05, 0.1) is 0 Å². The SMILES string of the molecule is COC(O)CC1CC(OC)OC1OC. The second-order valence-electron chi connectivity index (χ2n) is 3.33. The van der Waals surface area contributed by atoms with E-state index >= 15 is 0 Å². The number of methoxy groups -OCH3 is 3. The Bertz CT molecular complexity index is 163. The van der Waals surface area contributed by atoms with Gasteiger partial charge < -0.3 is 24.1 Å². The van der Waals surface area contributed by atoms with Crippen molar-refractivity contribution >= 4 is 0 Å². The topological polar surface area (TPSA) is 57.2 Å². The molecule has 0 saturated carbocycles. The monoisotopic (exact) mass is 206 g/mol. The van der Waals surface area contributed by atoms with E-state index in [1.807, 2.05) is 0 Å². The van der Waals surface area contributed by atoms with Crippen LogP contribution in [-0.2, 0) is 18.9 Å². The average Bonchev–Trinajstić information content (AvgIpc) is 2.60. The van der Waals surface area contributed by atoms with Crippen molar-refractivity contribution in [2.45, 2.75) is 31.7 Å². The zero-order valence-corrected chi connectivity index (χ0v) is 8.80. The predicted octanol–water partition coefficient (Wildman–Crippen LogP) is 0.323. The van der Waals surface area contributed by atoms with Crippen molar-refractivity contribution in [1.29, 1.82) is 0 Å². The fraction of sp³-hybridized carbons (Fsp3) is 1.00. The molecule has 0 bridgehead atoms. The normalized spacial score (nSPS) is 34.7.